The molecule has 2 aromatic carbocycles. The van der Waals surface area contributed by atoms with Gasteiger partial charge >= 0.3 is 0 Å². The first-order valence-electron chi connectivity index (χ1n) is 8.61. The number of carbonyl (C=O) groups excluding carboxylic acids is 2. The number of likely N-dealkylation sites (N-methyl/N-ethyl adjacent to an activating group) is 1. The first kappa shape index (κ1) is 20.0. The second kappa shape index (κ2) is 9.97. The Balaban J connectivity index is 1.89. The Hall–Kier alpha value is -3.34. The molecule has 0 radical (unpaired) electrons. The molecular weight excluding hydrogens is 340 g/mol. The van der Waals surface area contributed by atoms with Crippen LogP contribution in [0.25, 0.3) is 6.08 Å². The lowest BCUT2D eigenvalue weighted by atomic mass is 10.2. The molecule has 5 heteroatoms. The molecule has 0 saturated heterocycles. The van der Waals surface area contributed by atoms with E-state index >= 15 is 0 Å². The number of nitrogens with one attached hydrogen (secondary N) is 1. The highest BCUT2D eigenvalue weighted by Gasteiger charge is 2.06. The maximum Gasteiger partial charge on any atom is 0.246 e. The van der Waals surface area contributed by atoms with Crippen LogP contribution in [0.2, 0.25) is 0 Å². The first-order chi connectivity index (χ1) is 13.0. The summed E-state index contributed by atoms with van der Waals surface area (Å²) in [6.07, 6.45) is 4.98. The summed E-state index contributed by atoms with van der Waals surface area (Å²) in [5, 5.41) is 2.71. The number of nitrogens with zero attached hydrogens (tertiary/aromatic N) is 1. The normalized spacial score (nSPS) is 10.4. The summed E-state index contributed by atoms with van der Waals surface area (Å²) in [4.78, 5) is 24.9. The highest BCUT2D eigenvalue weighted by Crippen LogP contribution is 2.14. The molecule has 2 amide bonds. The van der Waals surface area contributed by atoms with Gasteiger partial charge < -0.3 is 15.0 Å². The lowest BCUT2D eigenvalue weighted by Gasteiger charge is -2.15. The van der Waals surface area contributed by atoms with Crippen molar-refractivity contribution in [3.8, 4) is 5.75 Å². The molecule has 27 heavy (non-hydrogen) atoms. The first-order valence-corrected chi connectivity index (χ1v) is 8.61. The van der Waals surface area contributed by atoms with Crippen molar-refractivity contribution >= 4 is 23.6 Å². The van der Waals surface area contributed by atoms with Crippen molar-refractivity contribution in [2.24, 2.45) is 0 Å². The van der Waals surface area contributed by atoms with E-state index in [4.69, 9.17) is 4.74 Å². The molecule has 0 unspecified atom stereocenters. The van der Waals surface area contributed by atoms with E-state index in [1.165, 1.54) is 13.0 Å². The van der Waals surface area contributed by atoms with Crippen molar-refractivity contribution in [3.05, 3.63) is 78.4 Å². The number of rotatable bonds is 8. The summed E-state index contributed by atoms with van der Waals surface area (Å²) in [6.45, 7) is 6.05. The number of carbonyl (C=O) groups is 2. The van der Waals surface area contributed by atoms with E-state index in [1.54, 1.807) is 36.2 Å². The standard InChI is InChI=1S/C22H24N2O3/c1-4-15-27-21-12-7-19(8-13-21)16-24(3)22(26)14-9-18-5-10-20(11-6-18)23-17(2)25/h4-14H,1,15-16H2,2-3H3,(H,23,25)/b14-9+. The predicted octanol–water partition coefficient (Wildman–Crippen LogP) is 3.88. The molecular formula is C22H24N2O3. The van der Waals surface area contributed by atoms with E-state index in [1.807, 2.05) is 36.4 Å². The van der Waals surface area contributed by atoms with Gasteiger partial charge in [-0.05, 0) is 41.5 Å². The van der Waals surface area contributed by atoms with Crippen molar-refractivity contribution in [2.75, 3.05) is 19.0 Å². The van der Waals surface area contributed by atoms with E-state index < -0.39 is 0 Å². The van der Waals surface area contributed by atoms with Crippen LogP contribution in [-0.2, 0) is 16.1 Å². The molecule has 0 aromatic heterocycles. The number of benzene rings is 2. The van der Waals surface area contributed by atoms with Crippen LogP contribution in [0.3, 0.4) is 0 Å². The van der Waals surface area contributed by atoms with Crippen LogP contribution in [0.4, 0.5) is 5.69 Å². The van der Waals surface area contributed by atoms with Crippen LogP contribution in [0, 0.1) is 0 Å². The molecule has 0 aliphatic heterocycles. The lowest BCUT2D eigenvalue weighted by Crippen LogP contribution is -2.24. The molecule has 0 aliphatic carbocycles. The quantitative estimate of drug-likeness (QED) is 0.571. The van der Waals surface area contributed by atoms with E-state index in [0.29, 0.717) is 13.2 Å². The van der Waals surface area contributed by atoms with Crippen LogP contribution < -0.4 is 10.1 Å². The third-order valence-corrected chi connectivity index (χ3v) is 3.74. The SMILES string of the molecule is C=CCOc1ccc(CN(C)C(=O)/C=C/c2ccc(NC(C)=O)cc2)cc1. The highest BCUT2D eigenvalue weighted by atomic mass is 16.5. The molecule has 0 heterocycles. The largest absolute Gasteiger partial charge is 0.490 e. The number of ether oxygens (including phenoxy) is 1. The van der Waals surface area contributed by atoms with Crippen LogP contribution in [0.5, 0.6) is 5.75 Å². The Morgan fingerprint density at radius 1 is 1.11 bits per heavy atom. The summed E-state index contributed by atoms with van der Waals surface area (Å²) >= 11 is 0. The maximum absolute atomic E-state index is 12.3. The Morgan fingerprint density at radius 2 is 1.78 bits per heavy atom. The summed E-state index contributed by atoms with van der Waals surface area (Å²) in [7, 11) is 1.76. The van der Waals surface area contributed by atoms with Gasteiger partial charge in [-0.2, -0.15) is 0 Å². The zero-order valence-corrected chi connectivity index (χ0v) is 15.6. The zero-order valence-electron chi connectivity index (χ0n) is 15.6. The number of anilines is 1. The number of hydrogen-bond acceptors (Lipinski definition) is 3. The topological polar surface area (TPSA) is 58.6 Å². The minimum absolute atomic E-state index is 0.0899. The van der Waals surface area contributed by atoms with E-state index in [-0.39, 0.29) is 11.8 Å². The monoisotopic (exact) mass is 364 g/mol. The van der Waals surface area contributed by atoms with Gasteiger partial charge in [0.1, 0.15) is 12.4 Å². The van der Waals surface area contributed by atoms with Crippen LogP contribution in [0.15, 0.2) is 67.3 Å². The predicted molar refractivity (Wildman–Crippen MR) is 108 cm³/mol. The average Bonchev–Trinajstić information content (AvgIpc) is 2.66. The van der Waals surface area contributed by atoms with Crippen molar-refractivity contribution in [1.29, 1.82) is 0 Å². The van der Waals surface area contributed by atoms with Crippen LogP contribution in [-0.4, -0.2) is 30.4 Å². The molecule has 0 bridgehead atoms. The van der Waals surface area contributed by atoms with Gasteiger partial charge in [0, 0.05) is 32.3 Å². The minimum atomic E-state index is -0.115. The second-order valence-corrected chi connectivity index (χ2v) is 6.07. The Bertz CT molecular complexity index is 808. The van der Waals surface area contributed by atoms with Crippen LogP contribution in [0.1, 0.15) is 18.1 Å². The van der Waals surface area contributed by atoms with Crippen molar-refractivity contribution in [3.63, 3.8) is 0 Å². The molecule has 0 fully saturated rings. The summed E-state index contributed by atoms with van der Waals surface area (Å²) in [5.41, 5.74) is 2.63. The summed E-state index contributed by atoms with van der Waals surface area (Å²) in [6, 6.07) is 14.9. The van der Waals surface area contributed by atoms with Crippen LogP contribution >= 0.6 is 0 Å². The molecule has 2 rings (SSSR count). The third-order valence-electron chi connectivity index (χ3n) is 3.74. The molecule has 0 saturated carbocycles. The molecule has 140 valence electrons. The van der Waals surface area contributed by atoms with Gasteiger partial charge in [0.25, 0.3) is 0 Å². The van der Waals surface area contributed by atoms with Crippen molar-refractivity contribution < 1.29 is 14.3 Å². The summed E-state index contributed by atoms with van der Waals surface area (Å²) in [5.74, 6) is 0.568. The number of hydrogen-bond donors (Lipinski definition) is 1. The van der Waals surface area contributed by atoms with E-state index in [0.717, 1.165) is 22.6 Å². The fraction of sp³-hybridized carbons (Fsp3) is 0.182. The smallest absolute Gasteiger partial charge is 0.246 e. The van der Waals surface area contributed by atoms with Gasteiger partial charge in [0.2, 0.25) is 11.8 Å². The summed E-state index contributed by atoms with van der Waals surface area (Å²) < 4.78 is 5.45. The Morgan fingerprint density at radius 3 is 2.37 bits per heavy atom. The number of amides is 2. The van der Waals surface area contributed by atoms with Gasteiger partial charge in [-0.15, -0.1) is 0 Å². The molecule has 2 aromatic rings. The molecule has 5 nitrogen and oxygen atoms in total. The minimum Gasteiger partial charge on any atom is -0.490 e. The van der Waals surface area contributed by atoms with Crippen molar-refractivity contribution in [1.82, 2.24) is 4.90 Å². The van der Waals surface area contributed by atoms with Gasteiger partial charge in [-0.25, -0.2) is 0 Å². The highest BCUT2D eigenvalue weighted by molar-refractivity contribution is 5.92. The Kier molecular flexibility index (Phi) is 7.37. The lowest BCUT2D eigenvalue weighted by molar-refractivity contribution is -0.125. The molecule has 0 aliphatic rings. The van der Waals surface area contributed by atoms with E-state index in [2.05, 4.69) is 11.9 Å². The fourth-order valence-electron chi connectivity index (χ4n) is 2.37. The Labute approximate surface area is 160 Å². The molecule has 0 atom stereocenters. The van der Waals surface area contributed by atoms with Gasteiger partial charge in [-0.1, -0.05) is 36.9 Å². The fourth-order valence-corrected chi connectivity index (χ4v) is 2.37. The maximum atomic E-state index is 12.3. The average molecular weight is 364 g/mol. The molecule has 0 spiro atoms. The van der Waals surface area contributed by atoms with Gasteiger partial charge in [0.05, 0.1) is 0 Å². The van der Waals surface area contributed by atoms with Gasteiger partial charge in [-0.3, -0.25) is 9.59 Å². The zero-order chi connectivity index (χ0) is 19.6. The third kappa shape index (κ3) is 6.82. The second-order valence-electron chi connectivity index (χ2n) is 6.07. The van der Waals surface area contributed by atoms with Crippen molar-refractivity contribution in [2.45, 2.75) is 13.5 Å². The van der Waals surface area contributed by atoms with Gasteiger partial charge in [0.15, 0.2) is 0 Å². The molecule has 1 N–H and O–H groups in total. The van der Waals surface area contributed by atoms with E-state index in [9.17, 15) is 9.59 Å².